The van der Waals surface area contributed by atoms with Crippen LogP contribution in [0, 0.1) is 11.3 Å². The second kappa shape index (κ2) is 5.86. The summed E-state index contributed by atoms with van der Waals surface area (Å²) in [4.78, 5) is 11.9. The first-order valence-corrected chi connectivity index (χ1v) is 7.66. The Labute approximate surface area is 121 Å². The zero-order valence-corrected chi connectivity index (χ0v) is 12.8. The fourth-order valence-corrected chi connectivity index (χ4v) is 3.18. The smallest absolute Gasteiger partial charge is 0.220 e. The molecular formula is C16H27NO3. The molecule has 0 bridgehead atoms. The first-order chi connectivity index (χ1) is 9.39. The molecule has 2 aliphatic carbocycles. The standard InChI is InChI=1S/C16H27NO3/c1-4-20-13-10-16(19,15(13,2)3)11-17-14(18)9-12-7-5-6-8-12/h5,7,12-13,19H,4,6,8-11H2,1-3H3,(H,17,18)/t12-,13-,16-/m1/s1. The van der Waals surface area contributed by atoms with Gasteiger partial charge in [-0.3, -0.25) is 4.79 Å². The number of ether oxygens (including phenoxy) is 1. The van der Waals surface area contributed by atoms with E-state index in [2.05, 4.69) is 17.5 Å². The summed E-state index contributed by atoms with van der Waals surface area (Å²) in [6.07, 6.45) is 7.59. The molecule has 4 heteroatoms. The number of aliphatic hydroxyl groups is 1. The normalized spacial score (nSPS) is 34.8. The van der Waals surface area contributed by atoms with Gasteiger partial charge in [0.15, 0.2) is 0 Å². The molecule has 0 radical (unpaired) electrons. The summed E-state index contributed by atoms with van der Waals surface area (Å²) in [6.45, 7) is 6.94. The third-order valence-corrected chi connectivity index (χ3v) is 5.03. The van der Waals surface area contributed by atoms with Crippen LogP contribution in [0.3, 0.4) is 0 Å². The molecule has 0 aromatic rings. The maximum absolute atomic E-state index is 11.9. The lowest BCUT2D eigenvalue weighted by Gasteiger charge is -2.57. The Bertz CT molecular complexity index is 391. The topological polar surface area (TPSA) is 58.6 Å². The van der Waals surface area contributed by atoms with Crippen LogP contribution in [-0.4, -0.2) is 35.9 Å². The quantitative estimate of drug-likeness (QED) is 0.732. The van der Waals surface area contributed by atoms with Gasteiger partial charge in [-0.15, -0.1) is 0 Å². The van der Waals surface area contributed by atoms with E-state index >= 15 is 0 Å². The molecule has 0 heterocycles. The molecule has 2 aliphatic rings. The molecule has 0 aliphatic heterocycles. The Balaban J connectivity index is 1.78. The van der Waals surface area contributed by atoms with Crippen molar-refractivity contribution in [2.24, 2.45) is 11.3 Å². The molecule has 114 valence electrons. The van der Waals surface area contributed by atoms with Gasteiger partial charge in [-0.05, 0) is 25.7 Å². The van der Waals surface area contributed by atoms with Crippen molar-refractivity contribution in [2.45, 2.75) is 58.2 Å². The number of carbonyl (C=O) groups is 1. The van der Waals surface area contributed by atoms with Gasteiger partial charge >= 0.3 is 0 Å². The van der Waals surface area contributed by atoms with E-state index in [1.54, 1.807) is 0 Å². The van der Waals surface area contributed by atoms with Crippen molar-refractivity contribution in [2.75, 3.05) is 13.2 Å². The van der Waals surface area contributed by atoms with Crippen LogP contribution in [-0.2, 0) is 9.53 Å². The zero-order chi connectivity index (χ0) is 14.8. The minimum Gasteiger partial charge on any atom is -0.387 e. The van der Waals surface area contributed by atoms with Gasteiger partial charge in [-0.2, -0.15) is 0 Å². The van der Waals surface area contributed by atoms with Crippen molar-refractivity contribution in [3.05, 3.63) is 12.2 Å². The van der Waals surface area contributed by atoms with Crippen molar-refractivity contribution < 1.29 is 14.6 Å². The molecule has 0 saturated heterocycles. The molecule has 2 rings (SSSR count). The highest BCUT2D eigenvalue weighted by molar-refractivity contribution is 5.76. The van der Waals surface area contributed by atoms with E-state index in [1.807, 2.05) is 20.8 Å². The molecule has 0 spiro atoms. The highest BCUT2D eigenvalue weighted by Crippen LogP contribution is 2.50. The number of amides is 1. The molecule has 1 fully saturated rings. The summed E-state index contributed by atoms with van der Waals surface area (Å²) >= 11 is 0. The SMILES string of the molecule is CCO[C@@H]1C[C@@](O)(CNC(=O)C[C@@H]2C=CCC2)C1(C)C. The van der Waals surface area contributed by atoms with E-state index in [0.29, 0.717) is 31.9 Å². The van der Waals surface area contributed by atoms with Gasteiger partial charge in [0, 0.05) is 31.4 Å². The summed E-state index contributed by atoms with van der Waals surface area (Å²) in [5.41, 5.74) is -1.17. The Morgan fingerprint density at radius 1 is 1.50 bits per heavy atom. The largest absolute Gasteiger partial charge is 0.387 e. The summed E-state index contributed by atoms with van der Waals surface area (Å²) in [6, 6.07) is 0. The zero-order valence-electron chi connectivity index (χ0n) is 12.8. The predicted molar refractivity (Wildman–Crippen MR) is 78.3 cm³/mol. The van der Waals surface area contributed by atoms with Gasteiger partial charge in [-0.25, -0.2) is 0 Å². The second-order valence-corrected chi connectivity index (χ2v) is 6.65. The Morgan fingerprint density at radius 2 is 2.25 bits per heavy atom. The molecule has 0 unspecified atom stereocenters. The number of allylic oxidation sites excluding steroid dienone is 2. The molecular weight excluding hydrogens is 254 g/mol. The first-order valence-electron chi connectivity index (χ1n) is 7.66. The van der Waals surface area contributed by atoms with E-state index < -0.39 is 5.60 Å². The van der Waals surface area contributed by atoms with E-state index in [-0.39, 0.29) is 17.4 Å². The molecule has 4 nitrogen and oxygen atoms in total. The van der Waals surface area contributed by atoms with Crippen LogP contribution in [0.1, 0.15) is 46.5 Å². The van der Waals surface area contributed by atoms with Crippen LogP contribution in [0.2, 0.25) is 0 Å². The number of hydrogen-bond donors (Lipinski definition) is 2. The molecule has 1 saturated carbocycles. The second-order valence-electron chi connectivity index (χ2n) is 6.65. The average Bonchev–Trinajstić information content (AvgIpc) is 2.89. The van der Waals surface area contributed by atoms with Crippen molar-refractivity contribution >= 4 is 5.91 Å². The van der Waals surface area contributed by atoms with Crippen molar-refractivity contribution in [1.82, 2.24) is 5.32 Å². The lowest BCUT2D eigenvalue weighted by atomic mass is 9.56. The monoisotopic (exact) mass is 281 g/mol. The minimum atomic E-state index is -0.853. The summed E-state index contributed by atoms with van der Waals surface area (Å²) in [7, 11) is 0. The summed E-state index contributed by atoms with van der Waals surface area (Å²) < 4.78 is 5.62. The first kappa shape index (κ1) is 15.5. The Morgan fingerprint density at radius 3 is 2.80 bits per heavy atom. The highest BCUT2D eigenvalue weighted by atomic mass is 16.5. The van der Waals surface area contributed by atoms with Crippen molar-refractivity contribution in [1.29, 1.82) is 0 Å². The van der Waals surface area contributed by atoms with Crippen molar-refractivity contribution in [3.63, 3.8) is 0 Å². The van der Waals surface area contributed by atoms with Gasteiger partial charge in [0.2, 0.25) is 5.91 Å². The highest BCUT2D eigenvalue weighted by Gasteiger charge is 2.59. The molecule has 0 aromatic heterocycles. The lowest BCUT2D eigenvalue weighted by molar-refractivity contribution is -0.238. The van der Waals surface area contributed by atoms with E-state index in [9.17, 15) is 9.90 Å². The Kier molecular flexibility index (Phi) is 4.55. The molecule has 20 heavy (non-hydrogen) atoms. The number of hydrogen-bond acceptors (Lipinski definition) is 3. The van der Waals surface area contributed by atoms with Gasteiger partial charge in [-0.1, -0.05) is 26.0 Å². The van der Waals surface area contributed by atoms with Crippen LogP contribution in [0.15, 0.2) is 12.2 Å². The Hall–Kier alpha value is -0.870. The molecule has 1 amide bonds. The van der Waals surface area contributed by atoms with E-state index in [1.165, 1.54) is 0 Å². The number of rotatable bonds is 6. The molecule has 0 aromatic carbocycles. The number of nitrogens with one attached hydrogen (secondary N) is 1. The fourth-order valence-electron chi connectivity index (χ4n) is 3.18. The van der Waals surface area contributed by atoms with Crippen LogP contribution in [0.4, 0.5) is 0 Å². The van der Waals surface area contributed by atoms with E-state index in [0.717, 1.165) is 12.8 Å². The van der Waals surface area contributed by atoms with Crippen LogP contribution < -0.4 is 5.32 Å². The lowest BCUT2D eigenvalue weighted by Crippen LogP contribution is -2.68. The molecule has 2 N–H and O–H groups in total. The van der Waals surface area contributed by atoms with Gasteiger partial charge in [0.25, 0.3) is 0 Å². The predicted octanol–water partition coefficient (Wildman–Crippen LogP) is 2.02. The molecule has 3 atom stereocenters. The minimum absolute atomic E-state index is 0.0330. The van der Waals surface area contributed by atoms with E-state index in [4.69, 9.17) is 4.74 Å². The summed E-state index contributed by atoms with van der Waals surface area (Å²) in [5.74, 6) is 0.404. The van der Waals surface area contributed by atoms with Crippen LogP contribution in [0.25, 0.3) is 0 Å². The van der Waals surface area contributed by atoms with Gasteiger partial charge in [0.05, 0.1) is 11.7 Å². The summed E-state index contributed by atoms with van der Waals surface area (Å²) in [5, 5.41) is 13.5. The van der Waals surface area contributed by atoms with Gasteiger partial charge in [0.1, 0.15) is 0 Å². The van der Waals surface area contributed by atoms with Crippen LogP contribution >= 0.6 is 0 Å². The fraction of sp³-hybridized carbons (Fsp3) is 0.812. The maximum atomic E-state index is 11.9. The maximum Gasteiger partial charge on any atom is 0.220 e. The average molecular weight is 281 g/mol. The third kappa shape index (κ3) is 2.91. The van der Waals surface area contributed by atoms with Gasteiger partial charge < -0.3 is 15.2 Å². The number of carbonyl (C=O) groups excluding carboxylic acids is 1. The van der Waals surface area contributed by atoms with Crippen LogP contribution in [0.5, 0.6) is 0 Å². The van der Waals surface area contributed by atoms with Crippen molar-refractivity contribution in [3.8, 4) is 0 Å². The third-order valence-electron chi connectivity index (χ3n) is 5.03.